The summed E-state index contributed by atoms with van der Waals surface area (Å²) in [5.41, 5.74) is 0.126. The third-order valence-corrected chi connectivity index (χ3v) is 4.08. The number of amides is 1. The summed E-state index contributed by atoms with van der Waals surface area (Å²) in [6, 6.07) is 4.55. The number of carboxylic acid groups (broad SMARTS) is 1. The normalized spacial score (nSPS) is 12.7. The van der Waals surface area contributed by atoms with Gasteiger partial charge in [0.15, 0.2) is 9.84 Å². The molecule has 1 amide bonds. The molecule has 0 fully saturated rings. The van der Waals surface area contributed by atoms with E-state index in [-0.39, 0.29) is 10.5 Å². The zero-order chi connectivity index (χ0) is 16.0. The van der Waals surface area contributed by atoms with Gasteiger partial charge in [0.25, 0.3) is 5.91 Å². The Morgan fingerprint density at radius 2 is 2.00 bits per heavy atom. The molecule has 116 valence electrons. The van der Waals surface area contributed by atoms with Gasteiger partial charge in [0.05, 0.1) is 4.90 Å². The maximum Gasteiger partial charge on any atom is 0.326 e. The van der Waals surface area contributed by atoms with E-state index in [4.69, 9.17) is 5.11 Å². The minimum absolute atomic E-state index is 0.0237. The fourth-order valence-corrected chi connectivity index (χ4v) is 2.44. The molecule has 7 heteroatoms. The second kappa shape index (κ2) is 7.21. The third-order valence-electron chi connectivity index (χ3n) is 2.97. The van der Waals surface area contributed by atoms with Crippen LogP contribution >= 0.6 is 0 Å². The first-order chi connectivity index (χ1) is 9.75. The number of carbonyl (C=O) groups is 2. The van der Waals surface area contributed by atoms with Gasteiger partial charge in [-0.15, -0.1) is 0 Å². The Morgan fingerprint density at radius 1 is 1.33 bits per heavy atom. The van der Waals surface area contributed by atoms with Crippen LogP contribution in [0.4, 0.5) is 0 Å². The summed E-state index contributed by atoms with van der Waals surface area (Å²) in [6.45, 7) is 1.93. The van der Waals surface area contributed by atoms with Gasteiger partial charge in [0.1, 0.15) is 6.04 Å². The number of carbonyl (C=O) groups excluding carboxylic acids is 1. The maximum atomic E-state index is 12.0. The molecule has 0 aliphatic heterocycles. The van der Waals surface area contributed by atoms with Gasteiger partial charge >= 0.3 is 5.97 Å². The number of carboxylic acids is 1. The Bertz CT molecular complexity index is 624. The van der Waals surface area contributed by atoms with Crippen molar-refractivity contribution in [2.45, 2.75) is 37.1 Å². The molecule has 0 radical (unpaired) electrons. The molecule has 0 heterocycles. The molecule has 1 aromatic carbocycles. The van der Waals surface area contributed by atoms with Crippen molar-refractivity contribution in [2.75, 3.05) is 6.26 Å². The van der Waals surface area contributed by atoms with Crippen molar-refractivity contribution in [2.24, 2.45) is 0 Å². The lowest BCUT2D eigenvalue weighted by Crippen LogP contribution is -2.40. The highest BCUT2D eigenvalue weighted by atomic mass is 32.2. The quantitative estimate of drug-likeness (QED) is 0.793. The molecule has 0 saturated carbocycles. The first-order valence-corrected chi connectivity index (χ1v) is 8.48. The van der Waals surface area contributed by atoms with Crippen LogP contribution in [0.2, 0.25) is 0 Å². The third kappa shape index (κ3) is 5.18. The number of nitrogens with one attached hydrogen (secondary N) is 1. The molecule has 2 N–H and O–H groups in total. The van der Waals surface area contributed by atoms with Crippen LogP contribution in [0.3, 0.4) is 0 Å². The zero-order valence-corrected chi connectivity index (χ0v) is 12.8. The van der Waals surface area contributed by atoms with E-state index in [0.717, 1.165) is 12.7 Å². The molecular formula is C14H19NO5S. The minimum Gasteiger partial charge on any atom is -0.480 e. The topological polar surface area (TPSA) is 101 Å². The Morgan fingerprint density at radius 3 is 2.52 bits per heavy atom. The zero-order valence-electron chi connectivity index (χ0n) is 12.0. The Kier molecular flexibility index (Phi) is 5.90. The van der Waals surface area contributed by atoms with Crippen molar-refractivity contribution in [3.05, 3.63) is 29.8 Å². The Balaban J connectivity index is 2.90. The molecule has 0 saturated heterocycles. The Labute approximate surface area is 124 Å². The van der Waals surface area contributed by atoms with Crippen LogP contribution in [-0.2, 0) is 14.6 Å². The summed E-state index contributed by atoms with van der Waals surface area (Å²) in [5, 5.41) is 11.5. The van der Waals surface area contributed by atoms with E-state index in [2.05, 4.69) is 5.32 Å². The van der Waals surface area contributed by atoms with Gasteiger partial charge in [0.2, 0.25) is 0 Å². The molecule has 1 atom stereocenters. The molecule has 1 unspecified atom stereocenters. The second-order valence-corrected chi connectivity index (χ2v) is 6.82. The number of hydrogen-bond acceptors (Lipinski definition) is 4. The van der Waals surface area contributed by atoms with Crippen molar-refractivity contribution >= 4 is 21.7 Å². The van der Waals surface area contributed by atoms with Gasteiger partial charge in [-0.2, -0.15) is 0 Å². The summed E-state index contributed by atoms with van der Waals surface area (Å²) in [7, 11) is -3.41. The molecule has 0 aromatic heterocycles. The van der Waals surface area contributed by atoms with Gasteiger partial charge in [-0.05, 0) is 24.6 Å². The highest BCUT2D eigenvalue weighted by Gasteiger charge is 2.20. The van der Waals surface area contributed by atoms with E-state index >= 15 is 0 Å². The molecule has 0 spiro atoms. The monoisotopic (exact) mass is 313 g/mol. The summed E-state index contributed by atoms with van der Waals surface area (Å²) in [5.74, 6) is -1.69. The highest BCUT2D eigenvalue weighted by Crippen LogP contribution is 2.12. The SMILES string of the molecule is CCCCC(NC(=O)c1cccc(S(C)(=O)=O)c1)C(=O)O. The van der Waals surface area contributed by atoms with Gasteiger partial charge < -0.3 is 10.4 Å². The van der Waals surface area contributed by atoms with E-state index in [1.54, 1.807) is 0 Å². The molecule has 0 bridgehead atoms. The van der Waals surface area contributed by atoms with Crippen LogP contribution in [0, 0.1) is 0 Å². The van der Waals surface area contributed by atoms with Crippen molar-refractivity contribution in [3.63, 3.8) is 0 Å². The average Bonchev–Trinajstić information content (AvgIpc) is 2.42. The predicted molar refractivity (Wildman–Crippen MR) is 78.0 cm³/mol. The number of rotatable bonds is 7. The first-order valence-electron chi connectivity index (χ1n) is 6.59. The number of sulfone groups is 1. The van der Waals surface area contributed by atoms with Crippen LogP contribution in [-0.4, -0.2) is 37.7 Å². The molecular weight excluding hydrogens is 294 g/mol. The highest BCUT2D eigenvalue weighted by molar-refractivity contribution is 7.90. The lowest BCUT2D eigenvalue weighted by molar-refractivity contribution is -0.139. The molecule has 1 rings (SSSR count). The number of aliphatic carboxylic acids is 1. The van der Waals surface area contributed by atoms with Crippen molar-refractivity contribution < 1.29 is 23.1 Å². The van der Waals surface area contributed by atoms with Crippen LogP contribution in [0.1, 0.15) is 36.5 Å². The number of unbranched alkanes of at least 4 members (excludes halogenated alkanes) is 1. The van der Waals surface area contributed by atoms with E-state index in [1.165, 1.54) is 24.3 Å². The molecule has 0 aliphatic carbocycles. The van der Waals surface area contributed by atoms with Gasteiger partial charge in [0, 0.05) is 11.8 Å². The predicted octanol–water partition coefficient (Wildman–Crippen LogP) is 1.46. The lowest BCUT2D eigenvalue weighted by atomic mass is 10.1. The van der Waals surface area contributed by atoms with E-state index < -0.39 is 27.8 Å². The molecule has 1 aromatic rings. The van der Waals surface area contributed by atoms with Crippen LogP contribution in [0.15, 0.2) is 29.2 Å². The largest absolute Gasteiger partial charge is 0.480 e. The fourth-order valence-electron chi connectivity index (χ4n) is 1.78. The standard InChI is InChI=1S/C14H19NO5S/c1-3-4-8-12(14(17)18)15-13(16)10-6-5-7-11(9-10)21(2,19)20/h5-7,9,12H,3-4,8H2,1-2H3,(H,15,16)(H,17,18). The van der Waals surface area contributed by atoms with Gasteiger partial charge in [-0.1, -0.05) is 25.8 Å². The van der Waals surface area contributed by atoms with Crippen molar-refractivity contribution in [1.82, 2.24) is 5.32 Å². The molecule has 6 nitrogen and oxygen atoms in total. The molecule has 21 heavy (non-hydrogen) atoms. The van der Waals surface area contributed by atoms with Crippen molar-refractivity contribution in [3.8, 4) is 0 Å². The van der Waals surface area contributed by atoms with E-state index in [0.29, 0.717) is 12.8 Å². The number of hydrogen-bond donors (Lipinski definition) is 2. The van der Waals surface area contributed by atoms with Crippen LogP contribution in [0.25, 0.3) is 0 Å². The summed E-state index contributed by atoms with van der Waals surface area (Å²) in [6.07, 6.45) is 2.89. The smallest absolute Gasteiger partial charge is 0.326 e. The minimum atomic E-state index is -3.41. The average molecular weight is 313 g/mol. The lowest BCUT2D eigenvalue weighted by Gasteiger charge is -2.14. The summed E-state index contributed by atoms with van der Waals surface area (Å²) < 4.78 is 22.9. The maximum absolute atomic E-state index is 12.0. The van der Waals surface area contributed by atoms with E-state index in [1.807, 2.05) is 6.92 Å². The van der Waals surface area contributed by atoms with Crippen LogP contribution < -0.4 is 5.32 Å². The first kappa shape index (κ1) is 17.2. The molecule has 0 aliphatic rings. The van der Waals surface area contributed by atoms with Crippen LogP contribution in [0.5, 0.6) is 0 Å². The Hall–Kier alpha value is -1.89. The second-order valence-electron chi connectivity index (χ2n) is 4.81. The summed E-state index contributed by atoms with van der Waals surface area (Å²) in [4.78, 5) is 23.1. The van der Waals surface area contributed by atoms with E-state index in [9.17, 15) is 18.0 Å². The number of benzene rings is 1. The van der Waals surface area contributed by atoms with Gasteiger partial charge in [-0.25, -0.2) is 13.2 Å². The van der Waals surface area contributed by atoms with Gasteiger partial charge in [-0.3, -0.25) is 4.79 Å². The summed E-state index contributed by atoms with van der Waals surface area (Å²) >= 11 is 0. The fraction of sp³-hybridized carbons (Fsp3) is 0.429. The van der Waals surface area contributed by atoms with Crippen molar-refractivity contribution in [1.29, 1.82) is 0 Å².